The van der Waals surface area contributed by atoms with Crippen LogP contribution < -0.4 is 0 Å². The average molecular weight is 355 g/mol. The van der Waals surface area contributed by atoms with Crippen LogP contribution in [0.25, 0.3) is 10.6 Å². The topological polar surface area (TPSA) is 56.3 Å². The van der Waals surface area contributed by atoms with Crippen LogP contribution in [0.5, 0.6) is 0 Å². The van der Waals surface area contributed by atoms with Crippen molar-refractivity contribution in [3.8, 4) is 10.6 Å². The zero-order valence-corrected chi connectivity index (χ0v) is 14.8. The van der Waals surface area contributed by atoms with Crippen LogP contribution >= 0.6 is 11.3 Å². The van der Waals surface area contributed by atoms with Crippen molar-refractivity contribution in [1.82, 2.24) is 4.98 Å². The van der Waals surface area contributed by atoms with Gasteiger partial charge in [0.25, 0.3) is 0 Å². The lowest BCUT2D eigenvalue weighted by atomic mass is 9.67. The summed E-state index contributed by atoms with van der Waals surface area (Å²) >= 11 is 1.56. The lowest BCUT2D eigenvalue weighted by Gasteiger charge is -2.36. The van der Waals surface area contributed by atoms with Crippen LogP contribution in [0.4, 0.5) is 0 Å². The largest absolute Gasteiger partial charge is 0.459 e. The number of benzene rings is 1. The molecule has 2 aromatic rings. The molecule has 0 amide bonds. The molecule has 2 atom stereocenters. The van der Waals surface area contributed by atoms with E-state index in [2.05, 4.69) is 4.98 Å². The Hall–Kier alpha value is -2.01. The van der Waals surface area contributed by atoms with E-state index in [1.54, 1.807) is 11.3 Å². The molecule has 0 N–H and O–H groups in total. The number of nitrogens with zero attached hydrogens (tertiary/aromatic N) is 1. The molecule has 1 heterocycles. The fourth-order valence-corrected chi connectivity index (χ4v) is 4.83. The van der Waals surface area contributed by atoms with Crippen molar-refractivity contribution in [3.63, 3.8) is 0 Å². The summed E-state index contributed by atoms with van der Waals surface area (Å²) in [5.74, 6) is 0.240. The van der Waals surface area contributed by atoms with Crippen LogP contribution in [0.15, 0.2) is 35.7 Å². The molecule has 4 nitrogen and oxygen atoms in total. The minimum absolute atomic E-state index is 0.0778. The first-order valence-electron chi connectivity index (χ1n) is 8.91. The third kappa shape index (κ3) is 3.52. The van der Waals surface area contributed by atoms with Gasteiger partial charge in [-0.2, -0.15) is 0 Å². The Kier molecular flexibility index (Phi) is 4.66. The van der Waals surface area contributed by atoms with Gasteiger partial charge in [-0.15, -0.1) is 11.3 Å². The molecule has 1 aromatic heterocycles. The molecule has 4 rings (SSSR count). The van der Waals surface area contributed by atoms with Gasteiger partial charge in [-0.1, -0.05) is 36.8 Å². The first-order valence-corrected chi connectivity index (χ1v) is 9.79. The van der Waals surface area contributed by atoms with E-state index in [-0.39, 0.29) is 30.3 Å². The van der Waals surface area contributed by atoms with Gasteiger partial charge in [-0.05, 0) is 25.7 Å². The van der Waals surface area contributed by atoms with Gasteiger partial charge in [-0.25, -0.2) is 4.98 Å². The summed E-state index contributed by atoms with van der Waals surface area (Å²) in [6, 6.07) is 9.98. The molecular weight excluding hydrogens is 334 g/mol. The molecular formula is C20H21NO3S. The zero-order chi connectivity index (χ0) is 17.2. The summed E-state index contributed by atoms with van der Waals surface area (Å²) in [7, 11) is 0. The van der Waals surface area contributed by atoms with Crippen LogP contribution in [0.3, 0.4) is 0 Å². The highest BCUT2D eigenvalue weighted by Gasteiger charge is 2.41. The third-order valence-electron chi connectivity index (χ3n) is 5.32. The van der Waals surface area contributed by atoms with E-state index in [1.165, 1.54) is 0 Å². The van der Waals surface area contributed by atoms with Gasteiger partial charge in [0.05, 0.1) is 11.6 Å². The van der Waals surface area contributed by atoms with Crippen LogP contribution in [-0.2, 0) is 20.9 Å². The van der Waals surface area contributed by atoms with Crippen molar-refractivity contribution in [2.45, 2.75) is 38.7 Å². The predicted octanol–water partition coefficient (Wildman–Crippen LogP) is 4.25. The van der Waals surface area contributed by atoms with Crippen LogP contribution in [-0.4, -0.2) is 16.7 Å². The second kappa shape index (κ2) is 7.08. The highest BCUT2D eigenvalue weighted by molar-refractivity contribution is 7.13. The normalized spacial score (nSPS) is 25.6. The van der Waals surface area contributed by atoms with Crippen molar-refractivity contribution < 1.29 is 14.3 Å². The Balaban J connectivity index is 1.35. The number of hydrogen-bond acceptors (Lipinski definition) is 5. The number of carbonyl (C=O) groups is 2. The van der Waals surface area contributed by atoms with Gasteiger partial charge in [0.2, 0.25) is 0 Å². The van der Waals surface area contributed by atoms with E-state index in [0.717, 1.165) is 35.5 Å². The van der Waals surface area contributed by atoms with Gasteiger partial charge in [0.1, 0.15) is 17.4 Å². The van der Waals surface area contributed by atoms with Crippen LogP contribution in [0.2, 0.25) is 0 Å². The van der Waals surface area contributed by atoms with Crippen molar-refractivity contribution >= 4 is 23.1 Å². The van der Waals surface area contributed by atoms with E-state index < -0.39 is 0 Å². The molecule has 0 radical (unpaired) electrons. The molecule has 2 aliphatic carbocycles. The maximum absolute atomic E-state index is 12.4. The van der Waals surface area contributed by atoms with Gasteiger partial charge in [0, 0.05) is 22.8 Å². The van der Waals surface area contributed by atoms with Gasteiger partial charge in [0.15, 0.2) is 0 Å². The second-order valence-electron chi connectivity index (χ2n) is 7.01. The molecule has 2 bridgehead atoms. The monoisotopic (exact) mass is 355 g/mol. The SMILES string of the molecule is O=C(OCc1csc(-c2ccccc2)n1)C1C[C@@H]2CCC[C@@H](C1)C2=O. The number of rotatable bonds is 4. The fraction of sp³-hybridized carbons (Fsp3) is 0.450. The minimum atomic E-state index is -0.168. The molecule has 1 aromatic carbocycles. The third-order valence-corrected chi connectivity index (χ3v) is 6.26. The average Bonchev–Trinajstić information content (AvgIpc) is 3.09. The Labute approximate surface area is 151 Å². The molecule has 2 saturated carbocycles. The number of Topliss-reactive ketones (excluding diaryl/α,β-unsaturated/α-hetero) is 1. The number of fused-ring (bicyclic) bond motifs is 2. The van der Waals surface area contributed by atoms with Crippen molar-refractivity contribution in [2.75, 3.05) is 0 Å². The summed E-state index contributed by atoms with van der Waals surface area (Å²) < 4.78 is 5.51. The van der Waals surface area contributed by atoms with E-state index >= 15 is 0 Å². The number of thiazole rings is 1. The molecule has 25 heavy (non-hydrogen) atoms. The van der Waals surface area contributed by atoms with E-state index in [4.69, 9.17) is 4.74 Å². The Morgan fingerprint density at radius 3 is 2.60 bits per heavy atom. The van der Waals surface area contributed by atoms with Gasteiger partial charge >= 0.3 is 5.97 Å². The minimum Gasteiger partial charge on any atom is -0.459 e. The summed E-state index contributed by atoms with van der Waals surface area (Å²) in [6.45, 7) is 0.210. The number of carbonyl (C=O) groups excluding carboxylic acids is 2. The second-order valence-corrected chi connectivity index (χ2v) is 7.87. The Morgan fingerprint density at radius 2 is 1.88 bits per heavy atom. The number of ether oxygens (including phenoxy) is 1. The maximum Gasteiger partial charge on any atom is 0.309 e. The van der Waals surface area contributed by atoms with Crippen LogP contribution in [0, 0.1) is 17.8 Å². The highest BCUT2D eigenvalue weighted by atomic mass is 32.1. The standard InChI is InChI=1S/C20H21NO3S/c22-18-14-7-4-8-15(18)10-16(9-14)20(23)24-11-17-12-25-19(21-17)13-5-2-1-3-6-13/h1-3,5-6,12,14-16H,4,7-11H2/t14-,15-/m0/s1. The van der Waals surface area contributed by atoms with Crippen molar-refractivity contribution in [2.24, 2.45) is 17.8 Å². The van der Waals surface area contributed by atoms with Gasteiger partial charge in [-0.3, -0.25) is 9.59 Å². The smallest absolute Gasteiger partial charge is 0.309 e. The van der Waals surface area contributed by atoms with E-state index in [1.807, 2.05) is 35.7 Å². The van der Waals surface area contributed by atoms with Crippen molar-refractivity contribution in [3.05, 3.63) is 41.4 Å². The summed E-state index contributed by atoms with van der Waals surface area (Å²) in [5.41, 5.74) is 1.85. The molecule has 0 spiro atoms. The van der Waals surface area contributed by atoms with E-state index in [9.17, 15) is 9.59 Å². The lowest BCUT2D eigenvalue weighted by Crippen LogP contribution is -2.39. The summed E-state index contributed by atoms with van der Waals surface area (Å²) in [4.78, 5) is 29.1. The Morgan fingerprint density at radius 1 is 1.16 bits per heavy atom. The molecule has 0 saturated heterocycles. The number of aromatic nitrogens is 1. The highest BCUT2D eigenvalue weighted by Crippen LogP contribution is 2.40. The van der Waals surface area contributed by atoms with Gasteiger partial charge < -0.3 is 4.74 Å². The quantitative estimate of drug-likeness (QED) is 0.770. The maximum atomic E-state index is 12.4. The zero-order valence-electron chi connectivity index (χ0n) is 14.0. The number of esters is 1. The molecule has 0 unspecified atom stereocenters. The summed E-state index contributed by atoms with van der Waals surface area (Å²) in [5, 5.41) is 2.87. The van der Waals surface area contributed by atoms with Crippen LogP contribution in [0.1, 0.15) is 37.8 Å². The first kappa shape index (κ1) is 16.5. The molecule has 130 valence electrons. The summed E-state index contributed by atoms with van der Waals surface area (Å²) in [6.07, 6.45) is 4.32. The van der Waals surface area contributed by atoms with E-state index in [0.29, 0.717) is 18.6 Å². The molecule has 2 fully saturated rings. The number of hydrogen-bond donors (Lipinski definition) is 0. The number of ketones is 1. The molecule has 0 aliphatic heterocycles. The van der Waals surface area contributed by atoms with Crippen molar-refractivity contribution in [1.29, 1.82) is 0 Å². The first-order chi connectivity index (χ1) is 12.2. The molecule has 5 heteroatoms. The predicted molar refractivity (Wildman–Crippen MR) is 95.9 cm³/mol. The fourth-order valence-electron chi connectivity index (χ4n) is 4.02. The Bertz CT molecular complexity index is 754. The lowest BCUT2D eigenvalue weighted by molar-refractivity contribution is -0.154. The molecule has 2 aliphatic rings.